The van der Waals surface area contributed by atoms with Gasteiger partial charge in [0.05, 0.1) is 17.3 Å². The minimum absolute atomic E-state index is 0.649. The number of anilines is 1. The Morgan fingerprint density at radius 1 is 1.44 bits per heavy atom. The molecule has 1 N–H and O–H groups in total. The second-order valence-corrected chi connectivity index (χ2v) is 4.97. The van der Waals surface area contributed by atoms with E-state index in [4.69, 9.17) is 16.3 Å². The van der Waals surface area contributed by atoms with Crippen molar-refractivity contribution in [2.24, 2.45) is 0 Å². The minimum atomic E-state index is 0.649. The van der Waals surface area contributed by atoms with E-state index in [2.05, 4.69) is 26.2 Å². The fourth-order valence-electron chi connectivity index (χ4n) is 1.60. The van der Waals surface area contributed by atoms with E-state index in [0.29, 0.717) is 11.6 Å². The zero-order chi connectivity index (χ0) is 13.0. The Kier molecular flexibility index (Phi) is 4.44. The van der Waals surface area contributed by atoms with Gasteiger partial charge in [-0.3, -0.25) is 4.98 Å². The number of aromatic nitrogens is 1. The molecule has 0 bridgehead atoms. The largest absolute Gasteiger partial charge is 0.493 e. The first-order chi connectivity index (χ1) is 8.70. The summed E-state index contributed by atoms with van der Waals surface area (Å²) in [5.74, 6) is 0.739. The molecule has 1 aromatic heterocycles. The zero-order valence-corrected chi connectivity index (χ0v) is 12.1. The van der Waals surface area contributed by atoms with Crippen molar-refractivity contribution in [3.63, 3.8) is 0 Å². The van der Waals surface area contributed by atoms with Crippen molar-refractivity contribution in [3.8, 4) is 5.75 Å². The van der Waals surface area contributed by atoms with E-state index in [1.165, 1.54) is 0 Å². The monoisotopic (exact) mass is 326 g/mol. The van der Waals surface area contributed by atoms with Crippen molar-refractivity contribution in [3.05, 3.63) is 51.7 Å². The molecule has 1 heterocycles. The van der Waals surface area contributed by atoms with Gasteiger partial charge in [0, 0.05) is 24.0 Å². The van der Waals surface area contributed by atoms with Gasteiger partial charge in [0.1, 0.15) is 0 Å². The van der Waals surface area contributed by atoms with Gasteiger partial charge < -0.3 is 10.1 Å². The molecule has 0 atom stereocenters. The molecule has 5 heteroatoms. The molecule has 0 amide bonds. The van der Waals surface area contributed by atoms with E-state index in [9.17, 15) is 0 Å². The number of ether oxygens (including phenoxy) is 1. The number of methoxy groups -OCH3 is 1. The fraction of sp³-hybridized carbons (Fsp3) is 0.154. The first-order valence-corrected chi connectivity index (χ1v) is 6.53. The Labute approximate surface area is 119 Å². The third kappa shape index (κ3) is 3.15. The molecule has 0 fully saturated rings. The van der Waals surface area contributed by atoms with Crippen molar-refractivity contribution in [1.29, 1.82) is 0 Å². The van der Waals surface area contributed by atoms with Crippen LogP contribution in [0.1, 0.15) is 5.56 Å². The molecule has 18 heavy (non-hydrogen) atoms. The predicted octanol–water partition coefficient (Wildman–Crippen LogP) is 4.12. The lowest BCUT2D eigenvalue weighted by Gasteiger charge is -2.13. The van der Waals surface area contributed by atoms with Crippen molar-refractivity contribution in [2.75, 3.05) is 12.4 Å². The van der Waals surface area contributed by atoms with Crippen LogP contribution in [-0.4, -0.2) is 12.1 Å². The third-order valence-corrected chi connectivity index (χ3v) is 3.23. The maximum atomic E-state index is 6.02. The summed E-state index contributed by atoms with van der Waals surface area (Å²) in [4.78, 5) is 4.07. The molecule has 2 aromatic rings. The smallest absolute Gasteiger partial charge is 0.156 e. The lowest BCUT2D eigenvalue weighted by atomic mass is 10.2. The SMILES string of the molecule is COc1c(Br)cc(Cl)cc1NCc1cccnc1. The van der Waals surface area contributed by atoms with Crippen LogP contribution in [0.4, 0.5) is 5.69 Å². The maximum Gasteiger partial charge on any atom is 0.156 e. The van der Waals surface area contributed by atoms with Crippen LogP contribution in [-0.2, 0) is 6.54 Å². The Hall–Kier alpha value is -1.26. The quantitative estimate of drug-likeness (QED) is 0.917. The van der Waals surface area contributed by atoms with Gasteiger partial charge in [-0.15, -0.1) is 0 Å². The number of rotatable bonds is 4. The average Bonchev–Trinajstić information content (AvgIpc) is 2.37. The number of nitrogens with zero attached hydrogens (tertiary/aromatic N) is 1. The topological polar surface area (TPSA) is 34.1 Å². The average molecular weight is 328 g/mol. The summed E-state index contributed by atoms with van der Waals surface area (Å²) in [6.45, 7) is 0.664. The molecule has 0 unspecified atom stereocenters. The van der Waals surface area contributed by atoms with Crippen LogP contribution < -0.4 is 10.1 Å². The second kappa shape index (κ2) is 6.07. The highest BCUT2D eigenvalue weighted by Gasteiger charge is 2.09. The van der Waals surface area contributed by atoms with Gasteiger partial charge in [0.15, 0.2) is 5.75 Å². The van der Waals surface area contributed by atoms with Crippen LogP contribution in [0.5, 0.6) is 5.75 Å². The van der Waals surface area contributed by atoms with E-state index in [0.717, 1.165) is 21.5 Å². The molecule has 3 nitrogen and oxygen atoms in total. The van der Waals surface area contributed by atoms with Crippen LogP contribution in [0.25, 0.3) is 0 Å². The van der Waals surface area contributed by atoms with E-state index in [1.54, 1.807) is 19.4 Å². The number of pyridine rings is 1. The van der Waals surface area contributed by atoms with Crippen LogP contribution in [0.15, 0.2) is 41.1 Å². The van der Waals surface area contributed by atoms with Crippen LogP contribution >= 0.6 is 27.5 Å². The molecule has 0 spiro atoms. The number of benzene rings is 1. The number of nitrogens with one attached hydrogen (secondary N) is 1. The highest BCUT2D eigenvalue weighted by molar-refractivity contribution is 9.10. The standard InChI is InChI=1S/C13H12BrClN2O/c1-18-13-11(14)5-10(15)6-12(13)17-8-9-3-2-4-16-7-9/h2-7,17H,8H2,1H3. The lowest BCUT2D eigenvalue weighted by Crippen LogP contribution is -2.02. The van der Waals surface area contributed by atoms with E-state index in [1.807, 2.05) is 24.4 Å². The lowest BCUT2D eigenvalue weighted by molar-refractivity contribution is 0.414. The zero-order valence-electron chi connectivity index (χ0n) is 9.78. The summed E-state index contributed by atoms with van der Waals surface area (Å²) in [6.07, 6.45) is 3.57. The number of hydrogen-bond donors (Lipinski definition) is 1. The summed E-state index contributed by atoms with van der Waals surface area (Å²) >= 11 is 9.45. The van der Waals surface area contributed by atoms with Gasteiger partial charge in [-0.1, -0.05) is 17.7 Å². The van der Waals surface area contributed by atoms with Crippen molar-refractivity contribution < 1.29 is 4.74 Å². The van der Waals surface area contributed by atoms with Crippen LogP contribution in [0.2, 0.25) is 5.02 Å². The van der Waals surface area contributed by atoms with Gasteiger partial charge >= 0.3 is 0 Å². The summed E-state index contributed by atoms with van der Waals surface area (Å²) in [6, 6.07) is 7.55. The normalized spacial score (nSPS) is 10.2. The highest BCUT2D eigenvalue weighted by atomic mass is 79.9. The molecule has 0 saturated carbocycles. The van der Waals surface area contributed by atoms with E-state index in [-0.39, 0.29) is 0 Å². The van der Waals surface area contributed by atoms with Gasteiger partial charge in [-0.2, -0.15) is 0 Å². The fourth-order valence-corrected chi connectivity index (χ4v) is 2.57. The molecule has 1 aromatic carbocycles. The molecule has 0 radical (unpaired) electrons. The van der Waals surface area contributed by atoms with Gasteiger partial charge in [-0.05, 0) is 39.7 Å². The van der Waals surface area contributed by atoms with Gasteiger partial charge in [-0.25, -0.2) is 0 Å². The first-order valence-electron chi connectivity index (χ1n) is 5.36. The molecule has 0 saturated heterocycles. The van der Waals surface area contributed by atoms with Crippen LogP contribution in [0, 0.1) is 0 Å². The van der Waals surface area contributed by atoms with E-state index < -0.39 is 0 Å². The second-order valence-electron chi connectivity index (χ2n) is 3.68. The summed E-state index contributed by atoms with van der Waals surface area (Å²) in [5, 5.41) is 3.93. The van der Waals surface area contributed by atoms with Crippen molar-refractivity contribution in [1.82, 2.24) is 4.98 Å². The third-order valence-electron chi connectivity index (χ3n) is 2.42. The van der Waals surface area contributed by atoms with Gasteiger partial charge in [0.25, 0.3) is 0 Å². The van der Waals surface area contributed by atoms with Gasteiger partial charge in [0.2, 0.25) is 0 Å². The van der Waals surface area contributed by atoms with Crippen molar-refractivity contribution >= 4 is 33.2 Å². The molecule has 94 valence electrons. The van der Waals surface area contributed by atoms with Crippen molar-refractivity contribution in [2.45, 2.75) is 6.54 Å². The molecule has 0 aliphatic heterocycles. The number of hydrogen-bond acceptors (Lipinski definition) is 3. The van der Waals surface area contributed by atoms with E-state index >= 15 is 0 Å². The summed E-state index contributed by atoms with van der Waals surface area (Å²) in [5.41, 5.74) is 1.94. The molecular weight excluding hydrogens is 316 g/mol. The minimum Gasteiger partial charge on any atom is -0.493 e. The molecule has 2 rings (SSSR count). The van der Waals surface area contributed by atoms with Crippen LogP contribution in [0.3, 0.4) is 0 Å². The predicted molar refractivity (Wildman–Crippen MR) is 77.3 cm³/mol. The highest BCUT2D eigenvalue weighted by Crippen LogP contribution is 2.36. The summed E-state index contributed by atoms with van der Waals surface area (Å²) < 4.78 is 6.16. The Morgan fingerprint density at radius 2 is 2.28 bits per heavy atom. The summed E-state index contributed by atoms with van der Waals surface area (Å²) in [7, 11) is 1.63. The maximum absolute atomic E-state index is 6.02. The molecule has 0 aliphatic carbocycles. The Morgan fingerprint density at radius 3 is 2.94 bits per heavy atom. The Bertz CT molecular complexity index is 534. The molecular formula is C13H12BrClN2O. The molecule has 0 aliphatic rings. The Balaban J connectivity index is 2.18. The first kappa shape index (κ1) is 13.2. The number of halogens is 2.